The lowest BCUT2D eigenvalue weighted by molar-refractivity contribution is -0.192. The number of aliphatic carboxylic acids is 1. The number of nitrogen functional groups attached to an aromatic ring is 2. The molecular weight excluding hydrogens is 777 g/mol. The fourth-order valence-electron chi connectivity index (χ4n) is 4.31. The highest BCUT2D eigenvalue weighted by Crippen LogP contribution is 2.24. The lowest BCUT2D eigenvalue weighted by Gasteiger charge is -2.17. The van der Waals surface area contributed by atoms with Crippen LogP contribution in [0.4, 0.5) is 42.2 Å². The first-order valence-corrected chi connectivity index (χ1v) is 15.9. The van der Waals surface area contributed by atoms with Crippen LogP contribution in [0.1, 0.15) is 40.9 Å². The molecule has 0 atom stereocenters. The Morgan fingerprint density at radius 1 is 0.947 bits per heavy atom. The zero-order valence-electron chi connectivity index (χ0n) is 29.9. The van der Waals surface area contributed by atoms with Crippen LogP contribution in [0.15, 0.2) is 77.7 Å². The SMILES string of the molecule is CC(C)Nc1ncc(-c2cc(N)cc(C(=O)NCc3cccc(F)c3)c2)n(CC(=O)NCc2ccc(C(=N)N)cc2)c1=O.FC(F)F.O=C(O)C(F)(F)F.O=CO. The zero-order chi connectivity index (χ0) is 43.5. The van der Waals surface area contributed by atoms with Crippen molar-refractivity contribution >= 4 is 41.6 Å². The number of carboxylic acids is 1. The molecule has 0 aliphatic carbocycles. The van der Waals surface area contributed by atoms with E-state index in [2.05, 4.69) is 20.9 Å². The average Bonchev–Trinajstić information content (AvgIpc) is 3.11. The smallest absolute Gasteiger partial charge is 0.483 e. The van der Waals surface area contributed by atoms with Gasteiger partial charge in [0, 0.05) is 41.5 Å². The molecule has 4 aromatic rings. The summed E-state index contributed by atoms with van der Waals surface area (Å²) in [5.41, 5.74) is 14.2. The second-order valence-corrected chi connectivity index (χ2v) is 11.4. The molecule has 0 aliphatic rings. The number of nitrogens with zero attached hydrogens (tertiary/aromatic N) is 2. The molecule has 0 saturated carbocycles. The number of halogens is 7. The van der Waals surface area contributed by atoms with Gasteiger partial charge in [0.2, 0.25) is 5.91 Å². The Morgan fingerprint density at radius 3 is 2.02 bits per heavy atom. The molecule has 0 bridgehead atoms. The standard InChI is InChI=1S/C31H33FN8O3.C2HF3O2.CHF3.CH2O2/c1-18(2)39-29-31(43)40(17-27(41)36-14-19-6-8-21(9-7-19)28(34)35)26(16-37-29)22-11-23(13-25(33)12-22)30(42)38-15-20-4-3-5-24(32)10-20;3-2(4,5)1(6)7;2-1(3)4;2-1-3/h3-13,16,18H,14-15,17,33H2,1-2H3,(H3,34,35)(H,36,41)(H,37,39)(H,38,42);(H,6,7);1H;1H,(H,2,3). The monoisotopic (exact) mass is 814 g/mol. The summed E-state index contributed by atoms with van der Waals surface area (Å²) in [6.45, 7) is -0.242. The molecule has 0 unspecified atom stereocenters. The number of anilines is 2. The molecular formula is C35H37F7N8O7. The van der Waals surface area contributed by atoms with Crippen LogP contribution in [-0.2, 0) is 34.0 Å². The van der Waals surface area contributed by atoms with Crippen molar-refractivity contribution in [1.82, 2.24) is 20.2 Å². The van der Waals surface area contributed by atoms with Gasteiger partial charge in [0.1, 0.15) is 18.2 Å². The molecule has 0 radical (unpaired) electrons. The van der Waals surface area contributed by atoms with Crippen LogP contribution in [0.2, 0.25) is 0 Å². The Morgan fingerprint density at radius 2 is 1.51 bits per heavy atom. The third-order valence-electron chi connectivity index (χ3n) is 6.63. The summed E-state index contributed by atoms with van der Waals surface area (Å²) in [6, 6.07) is 17.3. The Kier molecular flexibility index (Phi) is 19.4. The van der Waals surface area contributed by atoms with E-state index in [4.69, 9.17) is 36.7 Å². The van der Waals surface area contributed by atoms with Gasteiger partial charge in [0.25, 0.3) is 17.9 Å². The van der Waals surface area contributed by atoms with Crippen molar-refractivity contribution < 1.29 is 60.1 Å². The van der Waals surface area contributed by atoms with E-state index in [-0.39, 0.29) is 60.7 Å². The summed E-state index contributed by atoms with van der Waals surface area (Å²) in [5.74, 6) is -4.03. The molecule has 57 heavy (non-hydrogen) atoms. The molecule has 10 N–H and O–H groups in total. The van der Waals surface area contributed by atoms with Gasteiger partial charge in [0.05, 0.1) is 11.9 Å². The molecule has 0 spiro atoms. The third kappa shape index (κ3) is 17.8. The third-order valence-corrected chi connectivity index (χ3v) is 6.63. The van der Waals surface area contributed by atoms with Crippen LogP contribution in [0, 0.1) is 11.2 Å². The highest BCUT2D eigenvalue weighted by atomic mass is 19.4. The van der Waals surface area contributed by atoms with E-state index in [1.165, 1.54) is 29.0 Å². The second kappa shape index (κ2) is 23.0. The molecule has 3 aromatic carbocycles. The molecule has 22 heteroatoms. The van der Waals surface area contributed by atoms with Gasteiger partial charge in [-0.1, -0.05) is 36.4 Å². The van der Waals surface area contributed by atoms with E-state index >= 15 is 0 Å². The van der Waals surface area contributed by atoms with Crippen LogP contribution in [0.25, 0.3) is 11.3 Å². The average molecular weight is 815 g/mol. The zero-order valence-corrected chi connectivity index (χ0v) is 29.9. The van der Waals surface area contributed by atoms with E-state index < -0.39 is 42.0 Å². The summed E-state index contributed by atoms with van der Waals surface area (Å²) >= 11 is 0. The number of carbonyl (C=O) groups is 4. The van der Waals surface area contributed by atoms with Crippen LogP contribution in [0.5, 0.6) is 0 Å². The van der Waals surface area contributed by atoms with Gasteiger partial charge < -0.3 is 37.6 Å². The van der Waals surface area contributed by atoms with E-state index in [0.717, 1.165) is 5.56 Å². The largest absolute Gasteiger partial charge is 0.490 e. The molecule has 2 amide bonds. The van der Waals surface area contributed by atoms with Gasteiger partial charge >= 0.3 is 18.8 Å². The number of hydrogen-bond acceptors (Lipinski definition) is 9. The predicted molar refractivity (Wildman–Crippen MR) is 193 cm³/mol. The number of amidine groups is 1. The Bertz CT molecular complexity index is 2040. The Labute approximate surface area is 319 Å². The van der Waals surface area contributed by atoms with Crippen molar-refractivity contribution in [3.63, 3.8) is 0 Å². The first kappa shape index (κ1) is 48.0. The maximum absolute atomic E-state index is 13.5. The lowest BCUT2D eigenvalue weighted by atomic mass is 10.1. The minimum atomic E-state index is -5.08. The van der Waals surface area contributed by atoms with Gasteiger partial charge in [-0.05, 0) is 55.3 Å². The highest BCUT2D eigenvalue weighted by molar-refractivity contribution is 5.96. The van der Waals surface area contributed by atoms with E-state index in [1.807, 2.05) is 13.8 Å². The summed E-state index contributed by atoms with van der Waals surface area (Å²) in [5, 5.41) is 30.1. The van der Waals surface area contributed by atoms with Crippen LogP contribution in [-0.4, -0.2) is 68.8 Å². The maximum Gasteiger partial charge on any atom is 0.490 e. The number of aromatic nitrogens is 2. The van der Waals surface area contributed by atoms with Gasteiger partial charge in [-0.2, -0.15) is 26.3 Å². The highest BCUT2D eigenvalue weighted by Gasteiger charge is 2.38. The van der Waals surface area contributed by atoms with Gasteiger partial charge in [-0.25, -0.2) is 14.2 Å². The van der Waals surface area contributed by atoms with Crippen molar-refractivity contribution in [2.75, 3.05) is 11.1 Å². The number of rotatable bonds is 11. The van der Waals surface area contributed by atoms with Gasteiger partial charge in [-0.3, -0.25) is 29.2 Å². The van der Waals surface area contributed by atoms with Crippen LogP contribution >= 0.6 is 0 Å². The minimum Gasteiger partial charge on any atom is -0.483 e. The number of alkyl halides is 6. The van der Waals surface area contributed by atoms with Gasteiger partial charge in [-0.15, -0.1) is 0 Å². The second-order valence-electron chi connectivity index (χ2n) is 11.4. The quantitative estimate of drug-likeness (QED) is 0.0344. The number of hydrogen-bond donors (Lipinski definition) is 8. The minimum absolute atomic E-state index is 0.0558. The first-order valence-electron chi connectivity index (χ1n) is 15.9. The molecule has 15 nitrogen and oxygen atoms in total. The number of carbonyl (C=O) groups excluding carboxylic acids is 2. The number of nitrogens with one attached hydrogen (secondary N) is 4. The molecule has 0 aliphatic heterocycles. The van der Waals surface area contributed by atoms with E-state index in [0.29, 0.717) is 16.7 Å². The summed E-state index contributed by atoms with van der Waals surface area (Å²) < 4.78 is 75.5. The number of carboxylic acid groups (broad SMARTS) is 2. The molecule has 1 aromatic heterocycles. The van der Waals surface area contributed by atoms with Crippen molar-refractivity contribution in [1.29, 1.82) is 5.41 Å². The summed E-state index contributed by atoms with van der Waals surface area (Å²) in [7, 11) is 0. The van der Waals surface area contributed by atoms with Gasteiger partial charge in [0.15, 0.2) is 5.82 Å². The number of nitrogens with two attached hydrogens (primary N) is 2. The normalized spacial score (nSPS) is 10.4. The summed E-state index contributed by atoms with van der Waals surface area (Å²) in [6.07, 6.45) is -3.64. The van der Waals surface area contributed by atoms with Crippen LogP contribution < -0.4 is 33.0 Å². The van der Waals surface area contributed by atoms with Crippen molar-refractivity contribution in [3.05, 3.63) is 111 Å². The molecule has 0 saturated heterocycles. The topological polar surface area (TPSA) is 256 Å². The molecule has 0 fully saturated rings. The molecule has 1 heterocycles. The number of amides is 2. The van der Waals surface area contributed by atoms with Crippen LogP contribution in [0.3, 0.4) is 0 Å². The lowest BCUT2D eigenvalue weighted by Crippen LogP contribution is -2.35. The maximum atomic E-state index is 13.5. The fraction of sp³-hybridized carbons (Fsp3) is 0.229. The van der Waals surface area contributed by atoms with Crippen molar-refractivity contribution in [2.24, 2.45) is 5.73 Å². The van der Waals surface area contributed by atoms with Crippen molar-refractivity contribution in [2.45, 2.75) is 52.4 Å². The Hall–Kier alpha value is -7.00. The molecule has 4 rings (SSSR count). The van der Waals surface area contributed by atoms with E-state index in [1.54, 1.807) is 48.5 Å². The predicted octanol–water partition coefficient (Wildman–Crippen LogP) is 4.49. The van der Waals surface area contributed by atoms with E-state index in [9.17, 15) is 45.1 Å². The number of benzene rings is 3. The fourth-order valence-corrected chi connectivity index (χ4v) is 4.31. The molecule has 308 valence electrons. The van der Waals surface area contributed by atoms with Crippen molar-refractivity contribution in [3.8, 4) is 11.3 Å². The summed E-state index contributed by atoms with van der Waals surface area (Å²) in [4.78, 5) is 61.0. The first-order chi connectivity index (χ1) is 26.6. The Balaban J connectivity index is 0.000000997.